The van der Waals surface area contributed by atoms with Gasteiger partial charge >= 0.3 is 5.97 Å². The van der Waals surface area contributed by atoms with E-state index in [1.807, 2.05) is 13.0 Å². The molecule has 1 aromatic carbocycles. The maximum Gasteiger partial charge on any atom is 0.303 e. The van der Waals surface area contributed by atoms with Gasteiger partial charge in [-0.2, -0.15) is 0 Å². The largest absolute Gasteiger partial charge is 0.481 e. The predicted octanol–water partition coefficient (Wildman–Crippen LogP) is 5.45. The van der Waals surface area contributed by atoms with Crippen LogP contribution in [0.4, 0.5) is 17.2 Å². The van der Waals surface area contributed by atoms with E-state index in [4.69, 9.17) is 16.3 Å². The summed E-state index contributed by atoms with van der Waals surface area (Å²) in [4.78, 5) is 18.1. The van der Waals surface area contributed by atoms with E-state index in [-0.39, 0.29) is 12.3 Å². The Bertz CT molecular complexity index is 838. The molecule has 2 N–H and O–H groups in total. The fourth-order valence-corrected chi connectivity index (χ4v) is 4.19. The number of nitrogens with zero attached hydrogens (tertiary/aromatic N) is 2. The average molecular weight is 432 g/mol. The highest BCUT2D eigenvalue weighted by molar-refractivity contribution is 6.30. The molecule has 0 spiro atoms. The molecule has 7 heteroatoms. The van der Waals surface area contributed by atoms with Crippen molar-refractivity contribution >= 4 is 34.8 Å². The first-order chi connectivity index (χ1) is 14.5. The number of carboxylic acids is 1. The number of carbonyl (C=O) groups is 1. The van der Waals surface area contributed by atoms with E-state index in [1.54, 1.807) is 12.3 Å². The number of benzene rings is 1. The maximum absolute atomic E-state index is 11.3. The second-order valence-electron chi connectivity index (χ2n) is 7.60. The SMILES string of the molecule is CC[C@@H](CC(=O)O)c1ccc(N(CC)C2CCOCC2)c(Nc2ccc(Cl)cn2)c1. The number of aliphatic carboxylic acids is 1. The fourth-order valence-electron chi connectivity index (χ4n) is 4.08. The first kappa shape index (κ1) is 22.4. The summed E-state index contributed by atoms with van der Waals surface area (Å²) in [5, 5.41) is 13.3. The molecule has 162 valence electrons. The zero-order valence-corrected chi connectivity index (χ0v) is 18.4. The van der Waals surface area contributed by atoms with Gasteiger partial charge in [-0.3, -0.25) is 4.79 Å². The number of nitrogens with one attached hydrogen (secondary N) is 1. The third kappa shape index (κ3) is 5.64. The van der Waals surface area contributed by atoms with Gasteiger partial charge in [-0.25, -0.2) is 4.98 Å². The van der Waals surface area contributed by atoms with Crippen molar-refractivity contribution in [3.05, 3.63) is 47.1 Å². The third-order valence-corrected chi connectivity index (χ3v) is 5.90. The molecule has 1 aliphatic rings. The van der Waals surface area contributed by atoms with Crippen LogP contribution in [-0.2, 0) is 9.53 Å². The molecule has 1 aromatic heterocycles. The van der Waals surface area contributed by atoms with Gasteiger partial charge in [0.25, 0.3) is 0 Å². The first-order valence-corrected chi connectivity index (χ1v) is 11.0. The Balaban J connectivity index is 1.98. The molecule has 1 aliphatic heterocycles. The molecule has 30 heavy (non-hydrogen) atoms. The number of aromatic nitrogens is 1. The van der Waals surface area contributed by atoms with Crippen molar-refractivity contribution < 1.29 is 14.6 Å². The molecule has 1 saturated heterocycles. The van der Waals surface area contributed by atoms with E-state index < -0.39 is 5.97 Å². The molecular weight excluding hydrogens is 402 g/mol. The summed E-state index contributed by atoms with van der Waals surface area (Å²) in [7, 11) is 0. The molecule has 1 atom stereocenters. The highest BCUT2D eigenvalue weighted by Crippen LogP contribution is 2.36. The van der Waals surface area contributed by atoms with E-state index >= 15 is 0 Å². The number of hydrogen-bond donors (Lipinski definition) is 2. The normalized spacial score (nSPS) is 15.6. The summed E-state index contributed by atoms with van der Waals surface area (Å²) < 4.78 is 5.55. The van der Waals surface area contributed by atoms with Gasteiger partial charge < -0.3 is 20.1 Å². The Morgan fingerprint density at radius 2 is 2.07 bits per heavy atom. The number of ether oxygens (including phenoxy) is 1. The molecule has 1 fully saturated rings. The smallest absolute Gasteiger partial charge is 0.303 e. The fraction of sp³-hybridized carbons (Fsp3) is 0.478. The van der Waals surface area contributed by atoms with Crippen molar-refractivity contribution in [3.63, 3.8) is 0 Å². The Labute approximate surface area is 183 Å². The van der Waals surface area contributed by atoms with Crippen LogP contribution in [0.5, 0.6) is 0 Å². The maximum atomic E-state index is 11.3. The molecule has 6 nitrogen and oxygen atoms in total. The lowest BCUT2D eigenvalue weighted by molar-refractivity contribution is -0.137. The summed E-state index contributed by atoms with van der Waals surface area (Å²) in [6.45, 7) is 6.61. The second-order valence-corrected chi connectivity index (χ2v) is 8.03. The van der Waals surface area contributed by atoms with Crippen molar-refractivity contribution in [3.8, 4) is 0 Å². The summed E-state index contributed by atoms with van der Waals surface area (Å²) >= 11 is 5.99. The Hall–Kier alpha value is -2.31. The first-order valence-electron chi connectivity index (χ1n) is 10.6. The quantitative estimate of drug-likeness (QED) is 0.549. The lowest BCUT2D eigenvalue weighted by Crippen LogP contribution is -2.39. The minimum Gasteiger partial charge on any atom is -0.481 e. The van der Waals surface area contributed by atoms with Gasteiger partial charge in [0.15, 0.2) is 0 Å². The number of halogens is 1. The van der Waals surface area contributed by atoms with E-state index in [0.717, 1.165) is 56.0 Å². The number of rotatable bonds is 9. The standard InChI is InChI=1S/C23H30ClN3O3/c1-3-16(14-23(28)29)17-5-7-21(27(4-2)19-9-11-30-12-10-19)20(13-17)26-22-8-6-18(24)15-25-22/h5-8,13,15-16,19H,3-4,9-12,14H2,1-2H3,(H,25,26)(H,28,29)/t16-/m0/s1. The molecule has 0 saturated carbocycles. The van der Waals surface area contributed by atoms with Crippen LogP contribution in [0.3, 0.4) is 0 Å². The highest BCUT2D eigenvalue weighted by Gasteiger charge is 2.24. The van der Waals surface area contributed by atoms with Crippen LogP contribution in [-0.4, -0.2) is 41.9 Å². The van der Waals surface area contributed by atoms with Crippen LogP contribution >= 0.6 is 11.6 Å². The van der Waals surface area contributed by atoms with Crippen molar-refractivity contribution in [2.24, 2.45) is 0 Å². The second kappa shape index (κ2) is 10.6. The lowest BCUT2D eigenvalue weighted by atomic mass is 9.92. The van der Waals surface area contributed by atoms with Gasteiger partial charge in [0.2, 0.25) is 0 Å². The monoisotopic (exact) mass is 431 g/mol. The van der Waals surface area contributed by atoms with Crippen LogP contribution in [0.15, 0.2) is 36.5 Å². The molecule has 0 unspecified atom stereocenters. The summed E-state index contributed by atoms with van der Waals surface area (Å²) in [5.41, 5.74) is 3.04. The van der Waals surface area contributed by atoms with Gasteiger partial charge in [0, 0.05) is 32.0 Å². The summed E-state index contributed by atoms with van der Waals surface area (Å²) in [6, 6.07) is 10.3. The van der Waals surface area contributed by atoms with Gasteiger partial charge in [0.1, 0.15) is 5.82 Å². The number of anilines is 3. The zero-order chi connectivity index (χ0) is 21.5. The van der Waals surface area contributed by atoms with Gasteiger partial charge in [-0.05, 0) is 61.9 Å². The van der Waals surface area contributed by atoms with Crippen LogP contribution in [0.25, 0.3) is 0 Å². The van der Waals surface area contributed by atoms with E-state index in [0.29, 0.717) is 16.9 Å². The Morgan fingerprint density at radius 3 is 2.67 bits per heavy atom. The zero-order valence-electron chi connectivity index (χ0n) is 17.6. The van der Waals surface area contributed by atoms with E-state index in [1.165, 1.54) is 0 Å². The predicted molar refractivity (Wildman–Crippen MR) is 121 cm³/mol. The van der Waals surface area contributed by atoms with Crippen molar-refractivity contribution in [2.75, 3.05) is 30.0 Å². The molecule has 0 bridgehead atoms. The van der Waals surface area contributed by atoms with Gasteiger partial charge in [0.05, 0.1) is 22.8 Å². The minimum atomic E-state index is -0.780. The molecular formula is C23H30ClN3O3. The molecule has 0 aliphatic carbocycles. The minimum absolute atomic E-state index is 0.0339. The van der Waals surface area contributed by atoms with E-state index in [2.05, 4.69) is 40.3 Å². The Kier molecular flexibility index (Phi) is 7.94. The molecule has 3 rings (SSSR count). The Morgan fingerprint density at radius 1 is 1.30 bits per heavy atom. The van der Waals surface area contributed by atoms with Crippen molar-refractivity contribution in [1.29, 1.82) is 0 Å². The van der Waals surface area contributed by atoms with E-state index in [9.17, 15) is 9.90 Å². The van der Waals surface area contributed by atoms with Crippen molar-refractivity contribution in [2.45, 2.75) is 51.5 Å². The number of carboxylic acid groups (broad SMARTS) is 1. The van der Waals surface area contributed by atoms with Crippen LogP contribution in [0.2, 0.25) is 5.02 Å². The van der Waals surface area contributed by atoms with Gasteiger partial charge in [-0.1, -0.05) is 24.6 Å². The van der Waals surface area contributed by atoms with Gasteiger partial charge in [-0.15, -0.1) is 0 Å². The molecule has 0 amide bonds. The van der Waals surface area contributed by atoms with Crippen LogP contribution in [0, 0.1) is 0 Å². The summed E-state index contributed by atoms with van der Waals surface area (Å²) in [6.07, 6.45) is 4.48. The number of pyridine rings is 1. The molecule has 2 heterocycles. The number of hydrogen-bond acceptors (Lipinski definition) is 5. The topological polar surface area (TPSA) is 74.7 Å². The van der Waals surface area contributed by atoms with Crippen LogP contribution in [0.1, 0.15) is 51.0 Å². The third-order valence-electron chi connectivity index (χ3n) is 5.68. The lowest BCUT2D eigenvalue weighted by Gasteiger charge is -2.36. The van der Waals surface area contributed by atoms with Crippen molar-refractivity contribution in [1.82, 2.24) is 4.98 Å². The summed E-state index contributed by atoms with van der Waals surface area (Å²) in [5.74, 6) is -0.113. The highest BCUT2D eigenvalue weighted by atomic mass is 35.5. The molecule has 2 aromatic rings. The molecule has 0 radical (unpaired) electrons. The average Bonchev–Trinajstić information content (AvgIpc) is 2.76. The van der Waals surface area contributed by atoms with Crippen LogP contribution < -0.4 is 10.2 Å².